The number of aryl methyl sites for hydroxylation is 1. The van der Waals surface area contributed by atoms with Crippen molar-refractivity contribution in [2.45, 2.75) is 12.3 Å². The fraction of sp³-hybridized carbons (Fsp3) is 0.333. The monoisotopic (exact) mass is 478 g/mol. The van der Waals surface area contributed by atoms with Crippen LogP contribution in [0.2, 0.25) is 0 Å². The summed E-state index contributed by atoms with van der Waals surface area (Å²) in [6.45, 7) is 1.62. The van der Waals surface area contributed by atoms with Gasteiger partial charge in [0.25, 0.3) is 5.91 Å². The quantitative estimate of drug-likeness (QED) is 0.519. The van der Waals surface area contributed by atoms with Gasteiger partial charge in [0, 0.05) is 24.4 Å². The number of aromatic nitrogens is 1. The van der Waals surface area contributed by atoms with E-state index in [1.54, 1.807) is 36.0 Å². The van der Waals surface area contributed by atoms with Crippen LogP contribution in [0.1, 0.15) is 5.56 Å². The first kappa shape index (κ1) is 21.9. The van der Waals surface area contributed by atoms with Gasteiger partial charge in [-0.1, -0.05) is 41.7 Å². The van der Waals surface area contributed by atoms with Crippen LogP contribution in [0.5, 0.6) is 11.5 Å². The number of nitrogens with zero attached hydrogens (tertiary/aromatic N) is 2. The zero-order valence-corrected chi connectivity index (χ0v) is 19.4. The zero-order valence-electron chi connectivity index (χ0n) is 16.9. The predicted molar refractivity (Wildman–Crippen MR) is 124 cm³/mol. The van der Waals surface area contributed by atoms with Crippen molar-refractivity contribution in [3.8, 4) is 11.5 Å². The third-order valence-electron chi connectivity index (χ3n) is 4.66. The smallest absolute Gasteiger partial charge is 0.263 e. The molecule has 1 aromatic heterocycles. The lowest BCUT2D eigenvalue weighted by atomic mass is 10.2. The Kier molecular flexibility index (Phi) is 6.68. The number of rotatable bonds is 7. The average Bonchev–Trinajstić information content (AvgIpc) is 3.05. The second-order valence-electron chi connectivity index (χ2n) is 7.02. The summed E-state index contributed by atoms with van der Waals surface area (Å²) in [5, 5.41) is 0. The molecule has 2 heterocycles. The molecule has 0 fully saturated rings. The van der Waals surface area contributed by atoms with Crippen LogP contribution in [0, 0.1) is 0 Å². The van der Waals surface area contributed by atoms with Crippen molar-refractivity contribution in [2.24, 2.45) is 4.99 Å². The standard InChI is InChI=1S/C21H22N2O5S3/c1-29-10-7-23-16-11-17-18(28-9-8-27-17)12-19(16)30-21(23)22-20(24)14-31(25,26)13-15-5-3-2-4-6-15/h2-6,11-12H,7-10,13-14H2,1H3. The van der Waals surface area contributed by atoms with E-state index in [4.69, 9.17) is 9.47 Å². The summed E-state index contributed by atoms with van der Waals surface area (Å²) in [5.74, 6) is 0.681. The Hall–Kier alpha value is -2.30. The maximum Gasteiger partial charge on any atom is 0.263 e. The molecule has 1 aliphatic heterocycles. The van der Waals surface area contributed by atoms with Crippen LogP contribution in [0.4, 0.5) is 0 Å². The zero-order chi connectivity index (χ0) is 21.8. The highest BCUT2D eigenvalue weighted by Gasteiger charge is 2.19. The number of carbonyl (C=O) groups is 1. The molecular weight excluding hydrogens is 456 g/mol. The van der Waals surface area contributed by atoms with Crippen LogP contribution >= 0.6 is 23.1 Å². The molecule has 1 aliphatic rings. The number of hydrogen-bond acceptors (Lipinski definition) is 7. The minimum Gasteiger partial charge on any atom is -0.486 e. The van der Waals surface area contributed by atoms with Gasteiger partial charge in [-0.3, -0.25) is 4.79 Å². The Morgan fingerprint density at radius 2 is 1.87 bits per heavy atom. The van der Waals surface area contributed by atoms with Crippen molar-refractivity contribution < 1.29 is 22.7 Å². The molecular formula is C21H22N2O5S3. The van der Waals surface area contributed by atoms with Gasteiger partial charge >= 0.3 is 0 Å². The van der Waals surface area contributed by atoms with E-state index in [1.807, 2.05) is 29.0 Å². The molecule has 7 nitrogen and oxygen atoms in total. The van der Waals surface area contributed by atoms with Crippen LogP contribution < -0.4 is 14.3 Å². The SMILES string of the molecule is CSCCn1c(=NC(=O)CS(=O)(=O)Cc2ccccc2)sc2cc3c(cc21)OCCO3. The van der Waals surface area contributed by atoms with E-state index in [2.05, 4.69) is 4.99 Å². The van der Waals surface area contributed by atoms with Crippen molar-refractivity contribution in [2.75, 3.05) is 31.0 Å². The highest BCUT2D eigenvalue weighted by atomic mass is 32.2. The number of fused-ring (bicyclic) bond motifs is 2. The maximum absolute atomic E-state index is 12.6. The molecule has 0 spiro atoms. The van der Waals surface area contributed by atoms with E-state index in [0.29, 0.717) is 41.6 Å². The first-order chi connectivity index (χ1) is 14.9. The Morgan fingerprint density at radius 3 is 2.58 bits per heavy atom. The van der Waals surface area contributed by atoms with Crippen LogP contribution in [-0.4, -0.2) is 49.9 Å². The van der Waals surface area contributed by atoms with Gasteiger partial charge in [0.05, 0.1) is 16.0 Å². The molecule has 0 aliphatic carbocycles. The second kappa shape index (κ2) is 9.46. The Bertz CT molecular complexity index is 1260. The lowest BCUT2D eigenvalue weighted by Crippen LogP contribution is -2.22. The van der Waals surface area contributed by atoms with Gasteiger partial charge in [-0.15, -0.1) is 0 Å². The molecule has 164 valence electrons. The van der Waals surface area contributed by atoms with Gasteiger partial charge in [0.2, 0.25) is 0 Å². The molecule has 0 radical (unpaired) electrons. The molecule has 0 saturated heterocycles. The Labute approximate surface area is 188 Å². The molecule has 31 heavy (non-hydrogen) atoms. The van der Waals surface area contributed by atoms with E-state index < -0.39 is 21.5 Å². The molecule has 0 N–H and O–H groups in total. The number of thiazole rings is 1. The number of amides is 1. The fourth-order valence-electron chi connectivity index (χ4n) is 3.30. The number of carbonyl (C=O) groups excluding carboxylic acids is 1. The van der Waals surface area contributed by atoms with Gasteiger partial charge in [-0.2, -0.15) is 16.8 Å². The van der Waals surface area contributed by atoms with E-state index in [-0.39, 0.29) is 5.75 Å². The third kappa shape index (κ3) is 5.31. The Morgan fingerprint density at radius 1 is 1.16 bits per heavy atom. The summed E-state index contributed by atoms with van der Waals surface area (Å²) >= 11 is 3.02. The number of hydrogen-bond donors (Lipinski definition) is 0. The first-order valence-corrected chi connectivity index (χ1v) is 13.7. The van der Waals surface area contributed by atoms with Crippen molar-refractivity contribution in [3.63, 3.8) is 0 Å². The number of thioether (sulfide) groups is 1. The molecule has 10 heteroatoms. The van der Waals surface area contributed by atoms with Gasteiger partial charge < -0.3 is 14.0 Å². The van der Waals surface area contributed by atoms with Crippen LogP contribution in [0.3, 0.4) is 0 Å². The lowest BCUT2D eigenvalue weighted by Gasteiger charge is -2.18. The third-order valence-corrected chi connectivity index (χ3v) is 7.75. The fourth-order valence-corrected chi connectivity index (χ4v) is 5.99. The van der Waals surface area contributed by atoms with Crippen molar-refractivity contribution in [3.05, 3.63) is 52.8 Å². The normalized spacial score (nSPS) is 14.2. The van der Waals surface area contributed by atoms with Crippen molar-refractivity contribution in [1.82, 2.24) is 4.57 Å². The molecule has 0 unspecified atom stereocenters. The summed E-state index contributed by atoms with van der Waals surface area (Å²) in [6.07, 6.45) is 2.01. The largest absolute Gasteiger partial charge is 0.486 e. The van der Waals surface area contributed by atoms with E-state index in [1.165, 1.54) is 11.3 Å². The second-order valence-corrected chi connectivity index (χ2v) is 11.1. The molecule has 2 aromatic carbocycles. The summed E-state index contributed by atoms with van der Waals surface area (Å²) in [5.41, 5.74) is 1.54. The van der Waals surface area contributed by atoms with E-state index >= 15 is 0 Å². The molecule has 3 aromatic rings. The van der Waals surface area contributed by atoms with Crippen LogP contribution in [0.15, 0.2) is 47.5 Å². The molecule has 1 amide bonds. The van der Waals surface area contributed by atoms with Gasteiger partial charge in [0.15, 0.2) is 26.1 Å². The summed E-state index contributed by atoms with van der Waals surface area (Å²) in [6, 6.07) is 12.6. The first-order valence-electron chi connectivity index (χ1n) is 9.69. The van der Waals surface area contributed by atoms with Gasteiger partial charge in [-0.05, 0) is 11.8 Å². The molecule has 0 saturated carbocycles. The molecule has 4 rings (SSSR count). The summed E-state index contributed by atoms with van der Waals surface area (Å²) in [4.78, 5) is 17.2. The topological polar surface area (TPSA) is 87.0 Å². The van der Waals surface area contributed by atoms with Gasteiger partial charge in [-0.25, -0.2) is 8.42 Å². The highest BCUT2D eigenvalue weighted by molar-refractivity contribution is 7.98. The van der Waals surface area contributed by atoms with Crippen LogP contribution in [-0.2, 0) is 26.9 Å². The van der Waals surface area contributed by atoms with E-state index in [0.717, 1.165) is 16.0 Å². The molecule has 0 bridgehead atoms. The molecule has 0 atom stereocenters. The van der Waals surface area contributed by atoms with E-state index in [9.17, 15) is 13.2 Å². The van der Waals surface area contributed by atoms with Gasteiger partial charge in [0.1, 0.15) is 19.0 Å². The number of ether oxygens (including phenoxy) is 2. The van der Waals surface area contributed by atoms with Crippen molar-refractivity contribution >= 4 is 49.1 Å². The van der Waals surface area contributed by atoms with Crippen molar-refractivity contribution in [1.29, 1.82) is 0 Å². The lowest BCUT2D eigenvalue weighted by molar-refractivity contribution is -0.115. The Balaban J connectivity index is 1.65. The average molecular weight is 479 g/mol. The predicted octanol–water partition coefficient (Wildman–Crippen LogP) is 2.88. The minimum atomic E-state index is -3.62. The maximum atomic E-state index is 12.6. The number of sulfone groups is 1. The number of benzene rings is 2. The summed E-state index contributed by atoms with van der Waals surface area (Å²) in [7, 11) is -3.62. The van der Waals surface area contributed by atoms with Crippen LogP contribution in [0.25, 0.3) is 10.2 Å². The minimum absolute atomic E-state index is 0.185. The highest BCUT2D eigenvalue weighted by Crippen LogP contribution is 2.35. The summed E-state index contributed by atoms with van der Waals surface area (Å²) < 4.78 is 39.2.